The van der Waals surface area contributed by atoms with Gasteiger partial charge in [-0.15, -0.1) is 0 Å². The van der Waals surface area contributed by atoms with Crippen LogP contribution in [0.25, 0.3) is 11.0 Å². The van der Waals surface area contributed by atoms with Crippen molar-refractivity contribution in [3.05, 3.63) is 60.1 Å². The van der Waals surface area contributed by atoms with Crippen LogP contribution >= 0.6 is 0 Å². The van der Waals surface area contributed by atoms with Crippen LogP contribution in [-0.4, -0.2) is 12.1 Å². The third kappa shape index (κ3) is 2.18. The van der Waals surface area contributed by atoms with E-state index < -0.39 is 0 Å². The highest BCUT2D eigenvalue weighted by Gasteiger charge is 2.15. The zero-order valence-electron chi connectivity index (χ0n) is 10.5. The van der Waals surface area contributed by atoms with Gasteiger partial charge in [0.25, 0.3) is 0 Å². The average molecular weight is 254 g/mol. The van der Waals surface area contributed by atoms with Crippen LogP contribution in [0, 0.1) is 0 Å². The maximum Gasteiger partial charge on any atom is 0.137 e. The van der Waals surface area contributed by atoms with E-state index in [0.717, 1.165) is 22.3 Å². The number of benzene rings is 1. The minimum atomic E-state index is -0.352. The van der Waals surface area contributed by atoms with E-state index in [4.69, 9.17) is 14.9 Å². The quantitative estimate of drug-likeness (QED) is 0.780. The summed E-state index contributed by atoms with van der Waals surface area (Å²) in [7, 11) is 1.60. The maximum absolute atomic E-state index is 6.21. The van der Waals surface area contributed by atoms with E-state index in [1.165, 1.54) is 0 Å². The summed E-state index contributed by atoms with van der Waals surface area (Å²) in [5, 5.41) is 1.05. The summed E-state index contributed by atoms with van der Waals surface area (Å²) in [5.74, 6) is 1.40. The van der Waals surface area contributed by atoms with Crippen molar-refractivity contribution in [3.8, 4) is 5.75 Å². The second-order valence-corrected chi connectivity index (χ2v) is 4.32. The number of rotatable bonds is 3. The molecular formula is C15H14N2O2. The Morgan fingerprint density at radius 1 is 1.21 bits per heavy atom. The summed E-state index contributed by atoms with van der Waals surface area (Å²) in [6, 6.07) is 11.3. The predicted octanol–water partition coefficient (Wildman–Crippen LogP) is 2.88. The monoisotopic (exact) mass is 254 g/mol. The van der Waals surface area contributed by atoms with Crippen LogP contribution in [0.2, 0.25) is 0 Å². The zero-order chi connectivity index (χ0) is 13.2. The first-order valence-corrected chi connectivity index (χ1v) is 6.01. The Morgan fingerprint density at radius 3 is 2.84 bits per heavy atom. The molecule has 19 heavy (non-hydrogen) atoms. The minimum Gasteiger partial charge on any atom is -0.495 e. The molecule has 0 amide bonds. The third-order valence-corrected chi connectivity index (χ3v) is 3.08. The maximum atomic E-state index is 6.21. The molecule has 0 spiro atoms. The molecule has 0 aliphatic heterocycles. The predicted molar refractivity (Wildman–Crippen MR) is 73.0 cm³/mol. The van der Waals surface area contributed by atoms with Crippen LogP contribution in [0.5, 0.6) is 5.75 Å². The second kappa shape index (κ2) is 4.74. The fraction of sp³-hybridized carbons (Fsp3) is 0.133. The van der Waals surface area contributed by atoms with E-state index in [-0.39, 0.29) is 6.04 Å². The van der Waals surface area contributed by atoms with Gasteiger partial charge in [-0.3, -0.25) is 4.98 Å². The number of nitrogens with two attached hydrogens (primary N) is 1. The number of pyridine rings is 1. The molecule has 96 valence electrons. The van der Waals surface area contributed by atoms with Gasteiger partial charge in [-0.25, -0.2) is 0 Å². The van der Waals surface area contributed by atoms with Gasteiger partial charge in [-0.2, -0.15) is 0 Å². The molecule has 0 aliphatic rings. The number of furan rings is 1. The number of aromatic nitrogens is 1. The number of ether oxygens (including phenoxy) is 1. The molecule has 4 nitrogen and oxygen atoms in total. The van der Waals surface area contributed by atoms with Gasteiger partial charge in [0.05, 0.1) is 19.3 Å². The summed E-state index contributed by atoms with van der Waals surface area (Å²) >= 11 is 0. The first-order valence-electron chi connectivity index (χ1n) is 6.01. The second-order valence-electron chi connectivity index (χ2n) is 4.32. The lowest BCUT2D eigenvalue weighted by molar-refractivity contribution is 0.411. The largest absolute Gasteiger partial charge is 0.495 e. The van der Waals surface area contributed by atoms with Crippen molar-refractivity contribution in [1.82, 2.24) is 4.98 Å². The van der Waals surface area contributed by atoms with Crippen LogP contribution in [-0.2, 0) is 0 Å². The van der Waals surface area contributed by atoms with Crippen LogP contribution in [0.15, 0.2) is 53.2 Å². The van der Waals surface area contributed by atoms with Crippen LogP contribution in [0.4, 0.5) is 0 Å². The van der Waals surface area contributed by atoms with E-state index in [9.17, 15) is 0 Å². The third-order valence-electron chi connectivity index (χ3n) is 3.08. The number of para-hydroxylation sites is 1. The van der Waals surface area contributed by atoms with E-state index in [1.807, 2.05) is 36.4 Å². The standard InChI is InChI=1S/C15H14N2O2/c1-18-12-6-11(8-17-9-12)15(16)14-7-10-4-2-3-5-13(10)19-14/h2-9,15H,16H2,1H3. The normalized spacial score (nSPS) is 12.5. The van der Waals surface area contributed by atoms with Gasteiger partial charge in [-0.1, -0.05) is 18.2 Å². The Morgan fingerprint density at radius 2 is 2.05 bits per heavy atom. The molecule has 1 aromatic carbocycles. The van der Waals surface area contributed by atoms with Gasteiger partial charge >= 0.3 is 0 Å². The molecule has 2 heterocycles. The highest BCUT2D eigenvalue weighted by molar-refractivity contribution is 5.77. The average Bonchev–Trinajstić information content (AvgIpc) is 2.90. The van der Waals surface area contributed by atoms with Crippen molar-refractivity contribution in [1.29, 1.82) is 0 Å². The zero-order valence-corrected chi connectivity index (χ0v) is 10.5. The molecule has 2 N–H and O–H groups in total. The van der Waals surface area contributed by atoms with E-state index in [0.29, 0.717) is 5.75 Å². The van der Waals surface area contributed by atoms with Gasteiger partial charge in [0, 0.05) is 11.6 Å². The summed E-state index contributed by atoms with van der Waals surface area (Å²) in [5.41, 5.74) is 7.91. The molecule has 4 heteroatoms. The van der Waals surface area contributed by atoms with Crippen molar-refractivity contribution in [2.45, 2.75) is 6.04 Å². The first kappa shape index (κ1) is 11.7. The van der Waals surface area contributed by atoms with Crippen molar-refractivity contribution in [2.24, 2.45) is 5.73 Å². The number of methoxy groups -OCH3 is 1. The molecule has 0 aliphatic carbocycles. The topological polar surface area (TPSA) is 61.3 Å². The smallest absolute Gasteiger partial charge is 0.137 e. The highest BCUT2D eigenvalue weighted by atomic mass is 16.5. The number of hydrogen-bond donors (Lipinski definition) is 1. The summed E-state index contributed by atoms with van der Waals surface area (Å²) in [4.78, 5) is 4.11. The lowest BCUT2D eigenvalue weighted by Gasteiger charge is -2.09. The Kier molecular flexibility index (Phi) is 2.93. The molecule has 0 radical (unpaired) electrons. The van der Waals surface area contributed by atoms with E-state index in [2.05, 4.69) is 4.98 Å². The fourth-order valence-electron chi connectivity index (χ4n) is 2.04. The summed E-state index contributed by atoms with van der Waals surface area (Å²) in [6.45, 7) is 0. The van der Waals surface area contributed by atoms with Crippen molar-refractivity contribution in [3.63, 3.8) is 0 Å². The molecule has 3 aromatic rings. The Hall–Kier alpha value is -2.33. The molecule has 2 aromatic heterocycles. The molecule has 0 saturated heterocycles. The van der Waals surface area contributed by atoms with Crippen LogP contribution in [0.1, 0.15) is 17.4 Å². The molecule has 0 saturated carbocycles. The van der Waals surface area contributed by atoms with E-state index >= 15 is 0 Å². The number of nitrogens with zero attached hydrogens (tertiary/aromatic N) is 1. The molecular weight excluding hydrogens is 240 g/mol. The van der Waals surface area contributed by atoms with Gasteiger partial charge in [0.1, 0.15) is 17.1 Å². The first-order chi connectivity index (χ1) is 9.28. The van der Waals surface area contributed by atoms with Crippen molar-refractivity contribution < 1.29 is 9.15 Å². The van der Waals surface area contributed by atoms with Crippen LogP contribution < -0.4 is 10.5 Å². The van der Waals surface area contributed by atoms with Gasteiger partial charge in [0.15, 0.2) is 0 Å². The molecule has 1 atom stereocenters. The lowest BCUT2D eigenvalue weighted by atomic mass is 10.1. The minimum absolute atomic E-state index is 0.352. The lowest BCUT2D eigenvalue weighted by Crippen LogP contribution is -2.11. The van der Waals surface area contributed by atoms with Gasteiger partial charge < -0.3 is 14.9 Å². The molecule has 3 rings (SSSR count). The SMILES string of the molecule is COc1cncc(C(N)c2cc3ccccc3o2)c1. The molecule has 0 fully saturated rings. The number of fused-ring (bicyclic) bond motifs is 1. The molecule has 0 bridgehead atoms. The Labute approximate surface area is 110 Å². The Bertz CT molecular complexity index is 673. The van der Waals surface area contributed by atoms with Gasteiger partial charge in [0.2, 0.25) is 0 Å². The van der Waals surface area contributed by atoms with Crippen molar-refractivity contribution >= 4 is 11.0 Å². The summed E-state index contributed by atoms with van der Waals surface area (Å²) < 4.78 is 10.9. The summed E-state index contributed by atoms with van der Waals surface area (Å²) in [6.07, 6.45) is 3.37. The molecule has 1 unspecified atom stereocenters. The fourth-order valence-corrected chi connectivity index (χ4v) is 2.04. The highest BCUT2D eigenvalue weighted by Crippen LogP contribution is 2.27. The van der Waals surface area contributed by atoms with Crippen molar-refractivity contribution in [2.75, 3.05) is 7.11 Å². The number of hydrogen-bond acceptors (Lipinski definition) is 4. The Balaban J connectivity index is 2.00. The van der Waals surface area contributed by atoms with Gasteiger partial charge in [-0.05, 0) is 23.8 Å². The van der Waals surface area contributed by atoms with Crippen LogP contribution in [0.3, 0.4) is 0 Å². The van der Waals surface area contributed by atoms with E-state index in [1.54, 1.807) is 19.5 Å².